The number of hydrogen-bond donors (Lipinski definition) is 0. The molecule has 2 amide bonds. The lowest BCUT2D eigenvalue weighted by Gasteiger charge is -2.58. The second kappa shape index (κ2) is 6.47. The van der Waals surface area contributed by atoms with Gasteiger partial charge in [-0.1, -0.05) is 41.0 Å². The van der Waals surface area contributed by atoms with E-state index in [0.29, 0.717) is 24.5 Å². The van der Waals surface area contributed by atoms with Crippen molar-refractivity contribution in [2.24, 2.45) is 5.41 Å². The van der Waals surface area contributed by atoms with Gasteiger partial charge < -0.3 is 19.3 Å². The molecule has 6 rings (SSSR count). The Balaban J connectivity index is 1.64. The second-order valence-electron chi connectivity index (χ2n) is 8.64. The first kappa shape index (κ1) is 19.9. The molecule has 158 valence electrons. The number of benzene rings is 1. The average molecular weight is 446 g/mol. The second-order valence-corrected chi connectivity index (χ2v) is 11.4. The summed E-state index contributed by atoms with van der Waals surface area (Å²) in [6.07, 6.45) is 2.09. The maximum Gasteiger partial charge on any atom is 0.261 e. The van der Waals surface area contributed by atoms with Gasteiger partial charge in [-0.2, -0.15) is 5.26 Å². The van der Waals surface area contributed by atoms with Crippen LogP contribution in [0.4, 0.5) is 0 Å². The van der Waals surface area contributed by atoms with Crippen molar-refractivity contribution in [3.05, 3.63) is 23.8 Å². The van der Waals surface area contributed by atoms with Crippen LogP contribution in [0.15, 0.2) is 18.2 Å². The minimum absolute atomic E-state index is 0.0495. The number of nitrogens with zero attached hydrogens (tertiary/aromatic N) is 3. The SMILES string of the molecule is CCCCN1C(=O)[C@@]23C[C@](C)(C#N)C(c4ccc5c(c4)OCO5)N2C(=O)[C@]1(C)SS3. The zero-order valence-electron chi connectivity index (χ0n) is 17.1. The minimum atomic E-state index is -1.06. The predicted molar refractivity (Wildman–Crippen MR) is 113 cm³/mol. The first-order chi connectivity index (χ1) is 14.3. The van der Waals surface area contributed by atoms with Crippen molar-refractivity contribution in [2.45, 2.75) is 55.8 Å². The van der Waals surface area contributed by atoms with E-state index >= 15 is 0 Å². The number of nitriles is 1. The van der Waals surface area contributed by atoms with Crippen molar-refractivity contribution in [1.29, 1.82) is 5.26 Å². The number of unbranched alkanes of at least 4 members (excludes halogenated alkanes) is 1. The summed E-state index contributed by atoms with van der Waals surface area (Å²) in [5, 5.41) is 10.2. The molecule has 4 fully saturated rings. The Morgan fingerprint density at radius 1 is 1.20 bits per heavy atom. The van der Waals surface area contributed by atoms with Crippen LogP contribution in [0.2, 0.25) is 0 Å². The summed E-state index contributed by atoms with van der Waals surface area (Å²) in [5.41, 5.74) is -0.110. The summed E-state index contributed by atoms with van der Waals surface area (Å²) in [7, 11) is 2.90. The van der Waals surface area contributed by atoms with Crippen LogP contribution in [-0.4, -0.2) is 44.7 Å². The Kier molecular flexibility index (Phi) is 4.29. The van der Waals surface area contributed by atoms with Gasteiger partial charge in [0.15, 0.2) is 21.2 Å². The molecular formula is C21H23N3O4S2. The standard InChI is InChI=1S/C21H23N3O4S2/c1-4-5-8-23-18(26)21-10-19(2,11-22)16(24(21)17(25)20(23,3)29-30-21)13-6-7-14-15(9-13)28-12-27-14/h6-7,9,16H,4-5,8,10,12H2,1-3H3/t16?,19-,20+,21+/m1/s1. The van der Waals surface area contributed by atoms with Gasteiger partial charge in [-0.25, -0.2) is 0 Å². The number of carbonyl (C=O) groups excluding carboxylic acids is 2. The van der Waals surface area contributed by atoms with Gasteiger partial charge >= 0.3 is 0 Å². The molecule has 5 heterocycles. The van der Waals surface area contributed by atoms with Crippen molar-refractivity contribution < 1.29 is 19.1 Å². The molecule has 0 aromatic heterocycles. The van der Waals surface area contributed by atoms with Crippen molar-refractivity contribution in [1.82, 2.24) is 9.80 Å². The number of hydrogen-bond acceptors (Lipinski definition) is 7. The molecule has 30 heavy (non-hydrogen) atoms. The molecule has 5 aliphatic rings. The van der Waals surface area contributed by atoms with E-state index in [1.54, 1.807) is 9.80 Å². The summed E-state index contributed by atoms with van der Waals surface area (Å²) in [5.74, 6) is 1.11. The topological polar surface area (TPSA) is 82.9 Å². The van der Waals surface area contributed by atoms with Gasteiger partial charge in [-0.05, 0) is 38.0 Å². The van der Waals surface area contributed by atoms with Crippen molar-refractivity contribution in [3.63, 3.8) is 0 Å². The molecule has 4 saturated heterocycles. The lowest BCUT2D eigenvalue weighted by Crippen LogP contribution is -2.74. The Bertz CT molecular complexity index is 997. The fourth-order valence-electron chi connectivity index (χ4n) is 5.04. The molecule has 1 spiro atoms. The van der Waals surface area contributed by atoms with Gasteiger partial charge in [0, 0.05) is 13.0 Å². The molecule has 1 unspecified atom stereocenters. The van der Waals surface area contributed by atoms with Crippen LogP contribution in [0.5, 0.6) is 11.5 Å². The fraction of sp³-hybridized carbons (Fsp3) is 0.571. The highest BCUT2D eigenvalue weighted by Gasteiger charge is 2.75. The van der Waals surface area contributed by atoms with Gasteiger partial charge in [0.05, 0.1) is 17.5 Å². The molecular weight excluding hydrogens is 422 g/mol. The molecule has 2 bridgehead atoms. The highest BCUT2D eigenvalue weighted by atomic mass is 33.1. The number of carbonyl (C=O) groups is 2. The van der Waals surface area contributed by atoms with Crippen LogP contribution in [-0.2, 0) is 9.59 Å². The van der Waals surface area contributed by atoms with Gasteiger partial charge in [-0.15, -0.1) is 0 Å². The zero-order valence-corrected chi connectivity index (χ0v) is 18.8. The summed E-state index contributed by atoms with van der Waals surface area (Å²) in [6.45, 7) is 6.47. The van der Waals surface area contributed by atoms with Crippen LogP contribution in [0.3, 0.4) is 0 Å². The lowest BCUT2D eigenvalue weighted by molar-refractivity contribution is -0.166. The third-order valence-electron chi connectivity index (χ3n) is 6.61. The Morgan fingerprint density at radius 2 is 1.97 bits per heavy atom. The third kappa shape index (κ3) is 2.35. The van der Waals surface area contributed by atoms with Gasteiger partial charge in [0.1, 0.15) is 0 Å². The van der Waals surface area contributed by atoms with Gasteiger partial charge in [-0.3, -0.25) is 9.59 Å². The summed E-state index contributed by atoms with van der Waals surface area (Å²) < 4.78 is 11.0. The predicted octanol–water partition coefficient (Wildman–Crippen LogP) is 3.67. The Labute approximate surface area is 183 Å². The number of fused-ring (bicyclic) bond motifs is 3. The van der Waals surface area contributed by atoms with Crippen LogP contribution in [0, 0.1) is 16.7 Å². The molecule has 0 aliphatic carbocycles. The van der Waals surface area contributed by atoms with Crippen molar-refractivity contribution >= 4 is 33.4 Å². The Morgan fingerprint density at radius 3 is 2.70 bits per heavy atom. The molecule has 4 atom stereocenters. The van der Waals surface area contributed by atoms with Gasteiger partial charge in [0.25, 0.3) is 11.8 Å². The summed E-state index contributed by atoms with van der Waals surface area (Å²) in [4.78, 5) is 29.0. The summed E-state index contributed by atoms with van der Waals surface area (Å²) >= 11 is 0. The van der Waals surface area contributed by atoms with Crippen molar-refractivity contribution in [3.8, 4) is 17.6 Å². The number of piperazine rings is 1. The molecule has 1 aromatic rings. The molecule has 0 N–H and O–H groups in total. The number of ether oxygens (including phenoxy) is 2. The van der Waals surface area contributed by atoms with Crippen LogP contribution in [0.1, 0.15) is 51.6 Å². The average Bonchev–Trinajstić information content (AvgIpc) is 3.31. The van der Waals surface area contributed by atoms with Crippen LogP contribution in [0.25, 0.3) is 0 Å². The quantitative estimate of drug-likeness (QED) is 0.654. The van der Waals surface area contributed by atoms with E-state index in [4.69, 9.17) is 9.47 Å². The van der Waals surface area contributed by atoms with E-state index in [-0.39, 0.29) is 18.6 Å². The number of rotatable bonds is 4. The molecule has 1 aromatic carbocycles. The highest BCUT2D eigenvalue weighted by molar-refractivity contribution is 8.78. The smallest absolute Gasteiger partial charge is 0.261 e. The normalized spacial score (nSPS) is 36.3. The number of amides is 2. The Hall–Kier alpha value is -2.05. The molecule has 0 radical (unpaired) electrons. The summed E-state index contributed by atoms with van der Waals surface area (Å²) in [6, 6.07) is 7.44. The van der Waals surface area contributed by atoms with Crippen LogP contribution >= 0.6 is 21.6 Å². The maximum atomic E-state index is 13.9. The first-order valence-electron chi connectivity index (χ1n) is 10.1. The molecule has 0 saturated carbocycles. The maximum absolute atomic E-state index is 13.9. The van der Waals surface area contributed by atoms with E-state index in [9.17, 15) is 14.9 Å². The van der Waals surface area contributed by atoms with E-state index in [1.807, 2.05) is 32.0 Å². The zero-order chi connectivity index (χ0) is 21.3. The molecule has 7 nitrogen and oxygen atoms in total. The van der Waals surface area contributed by atoms with Crippen molar-refractivity contribution in [2.75, 3.05) is 13.3 Å². The fourth-order valence-corrected chi connectivity index (χ4v) is 8.60. The largest absolute Gasteiger partial charge is 0.454 e. The molecule has 9 heteroatoms. The van der Waals surface area contributed by atoms with E-state index in [1.165, 1.54) is 21.6 Å². The van der Waals surface area contributed by atoms with E-state index < -0.39 is 21.2 Å². The van der Waals surface area contributed by atoms with E-state index in [2.05, 4.69) is 13.0 Å². The van der Waals surface area contributed by atoms with E-state index in [0.717, 1.165) is 18.4 Å². The highest BCUT2D eigenvalue weighted by Crippen LogP contribution is 2.69. The third-order valence-corrected chi connectivity index (χ3v) is 10.3. The van der Waals surface area contributed by atoms with Crippen LogP contribution < -0.4 is 9.47 Å². The lowest BCUT2D eigenvalue weighted by atomic mass is 9.79. The molecule has 5 aliphatic heterocycles. The van der Waals surface area contributed by atoms with Gasteiger partial charge in [0.2, 0.25) is 6.79 Å². The minimum Gasteiger partial charge on any atom is -0.454 e. The first-order valence-corrected chi connectivity index (χ1v) is 12.3. The monoisotopic (exact) mass is 445 g/mol.